The Bertz CT molecular complexity index is 546. The van der Waals surface area contributed by atoms with Crippen molar-refractivity contribution in [2.24, 2.45) is 0 Å². The summed E-state index contributed by atoms with van der Waals surface area (Å²) in [4.78, 5) is 11.6. The van der Waals surface area contributed by atoms with Gasteiger partial charge in [0.25, 0.3) is 0 Å². The molecule has 0 N–H and O–H groups in total. The van der Waals surface area contributed by atoms with Gasteiger partial charge in [-0.3, -0.25) is 4.79 Å². The van der Waals surface area contributed by atoms with Crippen molar-refractivity contribution < 1.29 is 17.9 Å². The van der Waals surface area contributed by atoms with E-state index < -0.39 is 9.84 Å². The highest BCUT2D eigenvalue weighted by Crippen LogP contribution is 2.26. The Morgan fingerprint density at radius 1 is 1.41 bits per heavy atom. The Balaban J connectivity index is 2.35. The summed E-state index contributed by atoms with van der Waals surface area (Å²) in [5, 5.41) is 0. The molecule has 17 heavy (non-hydrogen) atoms. The minimum absolute atomic E-state index is 0.184. The average molecular weight is 254 g/mol. The summed E-state index contributed by atoms with van der Waals surface area (Å²) in [5.41, 5.74) is 1.62. The van der Waals surface area contributed by atoms with Gasteiger partial charge in [-0.25, -0.2) is 8.42 Å². The summed E-state index contributed by atoms with van der Waals surface area (Å²) in [5.74, 6) is -0.0975. The molecule has 1 aliphatic heterocycles. The van der Waals surface area contributed by atoms with Crippen molar-refractivity contribution in [3.8, 4) is 0 Å². The van der Waals surface area contributed by atoms with Crippen molar-refractivity contribution >= 4 is 15.8 Å². The minimum Gasteiger partial charge on any atom is -0.469 e. The third kappa shape index (κ3) is 2.49. The van der Waals surface area contributed by atoms with Gasteiger partial charge in [-0.1, -0.05) is 12.1 Å². The summed E-state index contributed by atoms with van der Waals surface area (Å²) in [6.07, 6.45) is 1.59. The Labute approximate surface area is 101 Å². The zero-order valence-corrected chi connectivity index (χ0v) is 10.4. The molecule has 0 unspecified atom stereocenters. The number of carbonyl (C=O) groups excluding carboxylic acids is 1. The van der Waals surface area contributed by atoms with Gasteiger partial charge in [-0.05, 0) is 30.0 Å². The molecule has 2 rings (SSSR count). The number of rotatable bonds is 2. The largest absolute Gasteiger partial charge is 0.469 e. The van der Waals surface area contributed by atoms with Crippen LogP contribution in [0.15, 0.2) is 23.1 Å². The van der Waals surface area contributed by atoms with Crippen LogP contribution in [0.5, 0.6) is 0 Å². The van der Waals surface area contributed by atoms with E-state index in [0.29, 0.717) is 11.3 Å². The molecule has 0 fully saturated rings. The van der Waals surface area contributed by atoms with E-state index in [1.807, 2.05) is 0 Å². The zero-order chi connectivity index (χ0) is 12.5. The lowest BCUT2D eigenvalue weighted by Gasteiger charge is -2.16. The highest BCUT2D eigenvalue weighted by molar-refractivity contribution is 7.91. The number of fused-ring (bicyclic) bond motifs is 1. The molecule has 1 heterocycles. The van der Waals surface area contributed by atoms with E-state index in [1.54, 1.807) is 18.2 Å². The van der Waals surface area contributed by atoms with Crippen LogP contribution in [0.25, 0.3) is 0 Å². The lowest BCUT2D eigenvalue weighted by molar-refractivity contribution is -0.139. The van der Waals surface area contributed by atoms with Crippen LogP contribution in [0, 0.1) is 0 Å². The van der Waals surface area contributed by atoms with Gasteiger partial charge in [0.15, 0.2) is 9.84 Å². The maximum absolute atomic E-state index is 11.8. The molecule has 0 radical (unpaired) electrons. The van der Waals surface area contributed by atoms with E-state index in [1.165, 1.54) is 7.11 Å². The lowest BCUT2D eigenvalue weighted by Crippen LogP contribution is -2.16. The molecule has 0 spiro atoms. The van der Waals surface area contributed by atoms with Crippen LogP contribution >= 0.6 is 0 Å². The fourth-order valence-electron chi connectivity index (χ4n) is 2.04. The van der Waals surface area contributed by atoms with Gasteiger partial charge in [0.2, 0.25) is 0 Å². The molecule has 0 aromatic heterocycles. The zero-order valence-electron chi connectivity index (χ0n) is 9.60. The second-order valence-electron chi connectivity index (χ2n) is 4.12. The van der Waals surface area contributed by atoms with Crippen molar-refractivity contribution in [3.63, 3.8) is 0 Å². The maximum Gasteiger partial charge on any atom is 0.309 e. The van der Waals surface area contributed by atoms with Crippen LogP contribution in [-0.4, -0.2) is 27.2 Å². The molecule has 4 nitrogen and oxygen atoms in total. The number of methoxy groups -OCH3 is 1. The quantitative estimate of drug-likeness (QED) is 0.742. The normalized spacial score (nSPS) is 17.2. The van der Waals surface area contributed by atoms with Gasteiger partial charge in [0.05, 0.1) is 24.2 Å². The van der Waals surface area contributed by atoms with E-state index >= 15 is 0 Å². The van der Waals surface area contributed by atoms with Crippen molar-refractivity contribution in [2.45, 2.75) is 24.2 Å². The molecular weight excluding hydrogens is 240 g/mol. The van der Waals surface area contributed by atoms with E-state index in [0.717, 1.165) is 17.5 Å². The molecule has 92 valence electrons. The predicted octanol–water partition coefficient (Wildman–Crippen LogP) is 1.12. The maximum atomic E-state index is 11.8. The molecule has 0 bridgehead atoms. The molecule has 1 aromatic carbocycles. The Hall–Kier alpha value is -1.36. The Morgan fingerprint density at radius 3 is 2.88 bits per heavy atom. The number of ether oxygens (including phenoxy) is 1. The van der Waals surface area contributed by atoms with E-state index in [9.17, 15) is 13.2 Å². The van der Waals surface area contributed by atoms with E-state index in [-0.39, 0.29) is 18.1 Å². The number of esters is 1. The third-order valence-electron chi connectivity index (χ3n) is 2.90. The van der Waals surface area contributed by atoms with Crippen LogP contribution < -0.4 is 0 Å². The van der Waals surface area contributed by atoms with Gasteiger partial charge in [0, 0.05) is 0 Å². The van der Waals surface area contributed by atoms with Crippen LogP contribution in [0.1, 0.15) is 17.5 Å². The fourth-order valence-corrected chi connectivity index (χ4v) is 3.62. The number of aryl methyl sites for hydroxylation is 1. The number of sulfone groups is 1. The summed E-state index contributed by atoms with van der Waals surface area (Å²) in [7, 11) is -1.77. The Kier molecular flexibility index (Phi) is 3.19. The summed E-state index contributed by atoms with van der Waals surface area (Å²) < 4.78 is 28.1. The van der Waals surface area contributed by atoms with Crippen LogP contribution in [0.4, 0.5) is 0 Å². The van der Waals surface area contributed by atoms with Gasteiger partial charge in [-0.2, -0.15) is 0 Å². The first-order valence-electron chi connectivity index (χ1n) is 5.44. The smallest absolute Gasteiger partial charge is 0.309 e. The second-order valence-corrected chi connectivity index (χ2v) is 6.19. The molecule has 5 heteroatoms. The first-order valence-corrected chi connectivity index (χ1v) is 7.09. The number of benzene rings is 1. The molecule has 0 amide bonds. The molecule has 0 saturated heterocycles. The summed E-state index contributed by atoms with van der Waals surface area (Å²) in [6.45, 7) is 0. The van der Waals surface area contributed by atoms with Crippen LogP contribution in [0.3, 0.4) is 0 Å². The summed E-state index contributed by atoms with van der Waals surface area (Å²) >= 11 is 0. The average Bonchev–Trinajstić information content (AvgIpc) is 2.28. The van der Waals surface area contributed by atoms with Gasteiger partial charge < -0.3 is 4.74 Å². The molecule has 0 atom stereocenters. The predicted molar refractivity (Wildman–Crippen MR) is 62.5 cm³/mol. The standard InChI is InChI=1S/C12H14O4S/c1-16-12(13)8-9-4-5-11-10(7-9)3-2-6-17(11,14)15/h4-5,7H,2-3,6,8H2,1H3. The van der Waals surface area contributed by atoms with Gasteiger partial charge in [0.1, 0.15) is 0 Å². The van der Waals surface area contributed by atoms with Crippen LogP contribution in [0.2, 0.25) is 0 Å². The number of hydrogen-bond acceptors (Lipinski definition) is 4. The number of hydrogen-bond donors (Lipinski definition) is 0. The SMILES string of the molecule is COC(=O)Cc1ccc2c(c1)CCCS2(=O)=O. The van der Waals surface area contributed by atoms with Gasteiger partial charge in [-0.15, -0.1) is 0 Å². The second kappa shape index (κ2) is 4.49. The lowest BCUT2D eigenvalue weighted by atomic mass is 10.0. The van der Waals surface area contributed by atoms with Crippen LogP contribution in [-0.2, 0) is 32.2 Å². The third-order valence-corrected chi connectivity index (χ3v) is 4.79. The highest BCUT2D eigenvalue weighted by Gasteiger charge is 2.23. The fraction of sp³-hybridized carbons (Fsp3) is 0.417. The number of carbonyl (C=O) groups is 1. The monoisotopic (exact) mass is 254 g/mol. The summed E-state index contributed by atoms with van der Waals surface area (Å²) in [6, 6.07) is 5.07. The molecule has 1 aliphatic rings. The van der Waals surface area contributed by atoms with Crippen molar-refractivity contribution in [1.82, 2.24) is 0 Å². The minimum atomic E-state index is -3.11. The molecule has 1 aromatic rings. The Morgan fingerprint density at radius 2 is 2.18 bits per heavy atom. The molecule has 0 aliphatic carbocycles. The topological polar surface area (TPSA) is 60.4 Å². The first kappa shape index (κ1) is 12.1. The van der Waals surface area contributed by atoms with Crippen molar-refractivity contribution in [3.05, 3.63) is 29.3 Å². The van der Waals surface area contributed by atoms with E-state index in [2.05, 4.69) is 4.74 Å². The first-order chi connectivity index (χ1) is 8.03. The van der Waals surface area contributed by atoms with Crippen molar-refractivity contribution in [2.75, 3.05) is 12.9 Å². The molecular formula is C12H14O4S. The van der Waals surface area contributed by atoms with Gasteiger partial charge >= 0.3 is 5.97 Å². The molecule has 0 saturated carbocycles. The van der Waals surface area contributed by atoms with Crippen molar-refractivity contribution in [1.29, 1.82) is 0 Å². The van der Waals surface area contributed by atoms with E-state index in [4.69, 9.17) is 0 Å². The highest BCUT2D eigenvalue weighted by atomic mass is 32.2.